The van der Waals surface area contributed by atoms with Crippen molar-refractivity contribution in [3.05, 3.63) is 46.0 Å². The molecule has 0 aliphatic carbocycles. The SMILES string of the molecule is Cc1cn(-c2ccc(F)cc2)c(=NC(=O)N(C)C)s1. The Balaban J connectivity index is 2.53. The van der Waals surface area contributed by atoms with Gasteiger partial charge in [0.15, 0.2) is 4.80 Å². The maximum atomic E-state index is 12.9. The fraction of sp³-hybridized carbons (Fsp3) is 0.231. The molecule has 1 aromatic carbocycles. The van der Waals surface area contributed by atoms with Gasteiger partial charge in [0.2, 0.25) is 0 Å². The van der Waals surface area contributed by atoms with Crippen LogP contribution < -0.4 is 4.80 Å². The molecule has 0 atom stereocenters. The third-order valence-electron chi connectivity index (χ3n) is 2.45. The van der Waals surface area contributed by atoms with E-state index in [0.717, 1.165) is 10.6 Å². The van der Waals surface area contributed by atoms with Gasteiger partial charge in [0.25, 0.3) is 0 Å². The molecule has 0 aliphatic rings. The number of hydrogen-bond acceptors (Lipinski definition) is 2. The molecule has 0 saturated heterocycles. The molecular formula is C13H14FN3OS. The van der Waals surface area contributed by atoms with Gasteiger partial charge in [0, 0.05) is 30.9 Å². The van der Waals surface area contributed by atoms with Gasteiger partial charge in [0.05, 0.1) is 0 Å². The lowest BCUT2D eigenvalue weighted by Crippen LogP contribution is -2.22. The third-order valence-corrected chi connectivity index (χ3v) is 3.35. The Morgan fingerprint density at radius 3 is 2.53 bits per heavy atom. The lowest BCUT2D eigenvalue weighted by atomic mass is 10.3. The molecule has 4 nitrogen and oxygen atoms in total. The molecule has 0 saturated carbocycles. The fourth-order valence-electron chi connectivity index (χ4n) is 1.50. The molecule has 1 heterocycles. The first-order chi connectivity index (χ1) is 8.97. The molecule has 0 N–H and O–H groups in total. The van der Waals surface area contributed by atoms with E-state index in [4.69, 9.17) is 0 Å². The number of rotatable bonds is 1. The van der Waals surface area contributed by atoms with Crippen molar-refractivity contribution >= 4 is 17.4 Å². The molecule has 2 amide bonds. The van der Waals surface area contributed by atoms with E-state index in [1.807, 2.05) is 13.1 Å². The summed E-state index contributed by atoms with van der Waals surface area (Å²) in [5.74, 6) is -0.292. The summed E-state index contributed by atoms with van der Waals surface area (Å²) in [4.78, 5) is 18.7. The molecular weight excluding hydrogens is 265 g/mol. The van der Waals surface area contributed by atoms with Gasteiger partial charge in [-0.25, -0.2) is 9.18 Å². The Bertz CT molecular complexity index is 655. The van der Waals surface area contributed by atoms with E-state index in [2.05, 4.69) is 4.99 Å². The highest BCUT2D eigenvalue weighted by Gasteiger charge is 2.06. The Morgan fingerprint density at radius 1 is 1.32 bits per heavy atom. The lowest BCUT2D eigenvalue weighted by molar-refractivity contribution is 0.226. The van der Waals surface area contributed by atoms with Crippen molar-refractivity contribution < 1.29 is 9.18 Å². The number of aryl methyl sites for hydroxylation is 1. The largest absolute Gasteiger partial charge is 0.345 e. The normalized spacial score (nSPS) is 11.7. The van der Waals surface area contributed by atoms with Crippen LogP contribution in [0.5, 0.6) is 0 Å². The predicted molar refractivity (Wildman–Crippen MR) is 73.0 cm³/mol. The molecule has 1 aromatic heterocycles. The predicted octanol–water partition coefficient (Wildman–Crippen LogP) is 2.57. The van der Waals surface area contributed by atoms with Gasteiger partial charge in [0.1, 0.15) is 5.82 Å². The van der Waals surface area contributed by atoms with E-state index >= 15 is 0 Å². The summed E-state index contributed by atoms with van der Waals surface area (Å²) >= 11 is 1.41. The zero-order valence-corrected chi connectivity index (χ0v) is 11.7. The number of carbonyl (C=O) groups excluding carboxylic acids is 1. The van der Waals surface area contributed by atoms with E-state index in [0.29, 0.717) is 4.80 Å². The van der Waals surface area contributed by atoms with Crippen molar-refractivity contribution in [1.29, 1.82) is 0 Å². The van der Waals surface area contributed by atoms with E-state index in [-0.39, 0.29) is 11.8 Å². The highest BCUT2D eigenvalue weighted by Crippen LogP contribution is 2.11. The number of aromatic nitrogens is 1. The van der Waals surface area contributed by atoms with Crippen molar-refractivity contribution in [3.63, 3.8) is 0 Å². The summed E-state index contributed by atoms with van der Waals surface area (Å²) in [5, 5.41) is 0. The van der Waals surface area contributed by atoms with Crippen LogP contribution in [0.25, 0.3) is 5.69 Å². The number of carbonyl (C=O) groups is 1. The maximum Gasteiger partial charge on any atom is 0.345 e. The summed E-state index contributed by atoms with van der Waals surface area (Å²) in [5.41, 5.74) is 0.774. The zero-order chi connectivity index (χ0) is 14.0. The first kappa shape index (κ1) is 13.5. The minimum absolute atomic E-state index is 0.292. The Morgan fingerprint density at radius 2 is 1.95 bits per heavy atom. The monoisotopic (exact) mass is 279 g/mol. The van der Waals surface area contributed by atoms with Gasteiger partial charge in [-0.3, -0.25) is 4.57 Å². The number of benzene rings is 1. The van der Waals surface area contributed by atoms with Crippen LogP contribution in [0.2, 0.25) is 0 Å². The van der Waals surface area contributed by atoms with Crippen molar-refractivity contribution in [2.75, 3.05) is 14.1 Å². The van der Waals surface area contributed by atoms with Gasteiger partial charge in [-0.15, -0.1) is 11.3 Å². The molecule has 0 radical (unpaired) electrons. The summed E-state index contributed by atoms with van der Waals surface area (Å²) in [6.45, 7) is 1.93. The number of amides is 2. The van der Waals surface area contributed by atoms with E-state index in [1.54, 1.807) is 30.8 Å². The van der Waals surface area contributed by atoms with Crippen LogP contribution in [0.15, 0.2) is 35.5 Å². The molecule has 100 valence electrons. The second kappa shape index (κ2) is 5.36. The topological polar surface area (TPSA) is 37.6 Å². The number of thiazole rings is 1. The minimum Gasteiger partial charge on any atom is -0.329 e. The maximum absolute atomic E-state index is 12.9. The molecule has 0 spiro atoms. The molecule has 19 heavy (non-hydrogen) atoms. The number of hydrogen-bond donors (Lipinski definition) is 0. The second-order valence-corrected chi connectivity index (χ2v) is 5.47. The first-order valence-corrected chi connectivity index (χ1v) is 6.50. The summed E-state index contributed by atoms with van der Waals surface area (Å²) in [6.07, 6.45) is 1.87. The average Bonchev–Trinajstić information content (AvgIpc) is 2.71. The molecule has 0 unspecified atom stereocenters. The number of urea groups is 1. The van der Waals surface area contributed by atoms with Crippen LogP contribution in [0, 0.1) is 12.7 Å². The smallest absolute Gasteiger partial charge is 0.329 e. The fourth-order valence-corrected chi connectivity index (χ4v) is 2.33. The molecule has 2 aromatic rings. The standard InChI is InChI=1S/C13H14FN3OS/c1-9-8-17(11-6-4-10(14)5-7-11)13(19-9)15-12(18)16(2)3/h4-8H,1-3H3. The van der Waals surface area contributed by atoms with Gasteiger partial charge in [-0.05, 0) is 31.2 Å². The summed E-state index contributed by atoms with van der Waals surface area (Å²) in [7, 11) is 3.29. The first-order valence-electron chi connectivity index (χ1n) is 5.68. The molecule has 6 heteroatoms. The third kappa shape index (κ3) is 3.08. The lowest BCUT2D eigenvalue weighted by Gasteiger charge is -2.05. The van der Waals surface area contributed by atoms with Gasteiger partial charge < -0.3 is 4.90 Å². The molecule has 0 aliphatic heterocycles. The zero-order valence-electron chi connectivity index (χ0n) is 10.9. The van der Waals surface area contributed by atoms with Crippen LogP contribution in [0.3, 0.4) is 0 Å². The second-order valence-electron chi connectivity index (χ2n) is 4.26. The van der Waals surface area contributed by atoms with Crippen LogP contribution in [-0.4, -0.2) is 29.6 Å². The average molecular weight is 279 g/mol. The van der Waals surface area contributed by atoms with Gasteiger partial charge in [-0.2, -0.15) is 4.99 Å². The van der Waals surface area contributed by atoms with Crippen molar-refractivity contribution in [2.45, 2.75) is 6.92 Å². The van der Waals surface area contributed by atoms with Gasteiger partial charge in [-0.1, -0.05) is 0 Å². The molecule has 0 bridgehead atoms. The van der Waals surface area contributed by atoms with E-state index in [9.17, 15) is 9.18 Å². The van der Waals surface area contributed by atoms with Crippen molar-refractivity contribution in [3.8, 4) is 5.69 Å². The Hall–Kier alpha value is -1.95. The quantitative estimate of drug-likeness (QED) is 0.790. The molecule has 2 rings (SSSR count). The number of halogens is 1. The summed E-state index contributed by atoms with van der Waals surface area (Å²) in [6, 6.07) is 5.75. The summed E-state index contributed by atoms with van der Waals surface area (Å²) < 4.78 is 14.7. The Labute approximate surface area is 114 Å². The van der Waals surface area contributed by atoms with Crippen molar-refractivity contribution in [1.82, 2.24) is 9.47 Å². The van der Waals surface area contributed by atoms with Crippen LogP contribution in [-0.2, 0) is 0 Å². The van der Waals surface area contributed by atoms with Crippen LogP contribution in [0.4, 0.5) is 9.18 Å². The van der Waals surface area contributed by atoms with Gasteiger partial charge >= 0.3 is 6.03 Å². The highest BCUT2D eigenvalue weighted by atomic mass is 32.1. The van der Waals surface area contributed by atoms with E-state index < -0.39 is 0 Å². The minimum atomic E-state index is -0.322. The van der Waals surface area contributed by atoms with Crippen LogP contribution >= 0.6 is 11.3 Å². The highest BCUT2D eigenvalue weighted by molar-refractivity contribution is 7.09. The number of nitrogens with zero attached hydrogens (tertiary/aromatic N) is 3. The molecule has 0 fully saturated rings. The Kier molecular flexibility index (Phi) is 3.80. The van der Waals surface area contributed by atoms with Crippen molar-refractivity contribution in [2.24, 2.45) is 4.99 Å². The van der Waals surface area contributed by atoms with Crippen LogP contribution in [0.1, 0.15) is 4.88 Å². The van der Waals surface area contributed by atoms with E-state index in [1.165, 1.54) is 28.4 Å².